The number of methoxy groups -OCH3 is 3. The Balaban J connectivity index is 1.78. The van der Waals surface area contributed by atoms with Crippen molar-refractivity contribution in [2.45, 2.75) is 19.8 Å². The molecule has 0 spiro atoms. The van der Waals surface area contributed by atoms with Crippen LogP contribution in [0.3, 0.4) is 0 Å². The van der Waals surface area contributed by atoms with E-state index in [0.717, 1.165) is 22.2 Å². The molecule has 2 aromatic heterocycles. The molecule has 2 aromatic carbocycles. The van der Waals surface area contributed by atoms with E-state index in [2.05, 4.69) is 15.6 Å². The lowest BCUT2D eigenvalue weighted by Gasteiger charge is -2.12. The second-order valence-electron chi connectivity index (χ2n) is 8.28. The molecule has 2 N–H and O–H groups in total. The third-order valence-corrected chi connectivity index (χ3v) is 6.76. The summed E-state index contributed by atoms with van der Waals surface area (Å²) in [5.41, 5.74) is 0.875. The van der Waals surface area contributed by atoms with Crippen LogP contribution in [0, 0.1) is 0 Å². The maximum absolute atomic E-state index is 13.6. The van der Waals surface area contributed by atoms with Crippen LogP contribution in [0.2, 0.25) is 0 Å². The highest BCUT2D eigenvalue weighted by Gasteiger charge is 2.27. The number of hydrogen-bond donors (Lipinski definition) is 2. The van der Waals surface area contributed by atoms with E-state index in [1.165, 1.54) is 51.7 Å². The van der Waals surface area contributed by atoms with Crippen molar-refractivity contribution in [3.63, 3.8) is 0 Å². The number of nitrogens with one attached hydrogen (secondary N) is 2. The third kappa shape index (κ3) is 5.75. The molecule has 0 aliphatic carbocycles. The monoisotopic (exact) mass is 550 g/mol. The molecule has 4 rings (SSSR count). The SMILES string of the molecule is CCCc1cc(=O)n2c(C(=O)Nc3cc(OC)ccc3OC)c(C(=O)Nc3ccc(C(=O)OC)cc3)sc2n1. The molecule has 0 fully saturated rings. The fourth-order valence-corrected chi connectivity index (χ4v) is 4.90. The average Bonchev–Trinajstić information content (AvgIpc) is 3.33. The number of amides is 2. The van der Waals surface area contributed by atoms with Crippen molar-refractivity contribution in [3.8, 4) is 11.5 Å². The topological polar surface area (TPSA) is 137 Å². The summed E-state index contributed by atoms with van der Waals surface area (Å²) < 4.78 is 16.4. The predicted molar refractivity (Wildman–Crippen MR) is 147 cm³/mol. The molecule has 0 aliphatic rings. The number of aryl methyl sites for hydroxylation is 1. The van der Waals surface area contributed by atoms with Gasteiger partial charge in [0, 0.05) is 23.5 Å². The molecule has 0 saturated carbocycles. The van der Waals surface area contributed by atoms with Crippen LogP contribution < -0.4 is 25.7 Å². The number of hydrogen-bond acceptors (Lipinski definition) is 9. The highest BCUT2D eigenvalue weighted by atomic mass is 32.1. The number of ether oxygens (including phenoxy) is 3. The van der Waals surface area contributed by atoms with Gasteiger partial charge < -0.3 is 24.8 Å². The molecule has 202 valence electrons. The Morgan fingerprint density at radius 1 is 0.949 bits per heavy atom. The van der Waals surface area contributed by atoms with Gasteiger partial charge in [-0.2, -0.15) is 0 Å². The van der Waals surface area contributed by atoms with Crippen LogP contribution in [-0.4, -0.2) is 48.5 Å². The van der Waals surface area contributed by atoms with Gasteiger partial charge in [-0.25, -0.2) is 14.2 Å². The minimum Gasteiger partial charge on any atom is -0.497 e. The first-order valence-corrected chi connectivity index (χ1v) is 12.7. The van der Waals surface area contributed by atoms with Gasteiger partial charge >= 0.3 is 5.97 Å². The maximum Gasteiger partial charge on any atom is 0.337 e. The lowest BCUT2D eigenvalue weighted by atomic mass is 10.2. The highest BCUT2D eigenvalue weighted by Crippen LogP contribution is 2.31. The van der Waals surface area contributed by atoms with Gasteiger partial charge in [0.1, 0.15) is 22.1 Å². The van der Waals surface area contributed by atoms with Crippen LogP contribution in [-0.2, 0) is 11.2 Å². The van der Waals surface area contributed by atoms with E-state index >= 15 is 0 Å². The molecule has 0 bridgehead atoms. The zero-order chi connectivity index (χ0) is 28.1. The summed E-state index contributed by atoms with van der Waals surface area (Å²) in [7, 11) is 4.21. The van der Waals surface area contributed by atoms with E-state index in [1.54, 1.807) is 18.2 Å². The molecule has 11 nitrogen and oxygen atoms in total. The number of aromatic nitrogens is 2. The molecule has 0 radical (unpaired) electrons. The lowest BCUT2D eigenvalue weighted by Crippen LogP contribution is -2.25. The second-order valence-corrected chi connectivity index (χ2v) is 9.25. The average molecular weight is 551 g/mol. The molecule has 2 amide bonds. The number of carbonyl (C=O) groups excluding carboxylic acids is 3. The number of anilines is 2. The van der Waals surface area contributed by atoms with Crippen LogP contribution in [0.15, 0.2) is 53.3 Å². The Bertz CT molecular complexity index is 1610. The van der Waals surface area contributed by atoms with E-state index in [0.29, 0.717) is 34.9 Å². The van der Waals surface area contributed by atoms with E-state index in [1.807, 2.05) is 6.92 Å². The van der Waals surface area contributed by atoms with E-state index < -0.39 is 23.3 Å². The number of rotatable bonds is 9. The van der Waals surface area contributed by atoms with E-state index in [9.17, 15) is 19.2 Å². The smallest absolute Gasteiger partial charge is 0.337 e. The van der Waals surface area contributed by atoms with Crippen molar-refractivity contribution in [1.29, 1.82) is 0 Å². The van der Waals surface area contributed by atoms with E-state index in [-0.39, 0.29) is 21.2 Å². The zero-order valence-corrected chi connectivity index (χ0v) is 22.5. The summed E-state index contributed by atoms with van der Waals surface area (Å²) in [4.78, 5) is 56.6. The van der Waals surface area contributed by atoms with Gasteiger partial charge in [0.25, 0.3) is 17.4 Å². The van der Waals surface area contributed by atoms with Gasteiger partial charge in [0.15, 0.2) is 4.96 Å². The fraction of sp³-hybridized carbons (Fsp3) is 0.222. The van der Waals surface area contributed by atoms with Gasteiger partial charge in [-0.1, -0.05) is 24.7 Å². The summed E-state index contributed by atoms with van der Waals surface area (Å²) in [6.45, 7) is 1.96. The van der Waals surface area contributed by atoms with Gasteiger partial charge in [-0.05, 0) is 42.8 Å². The van der Waals surface area contributed by atoms with Gasteiger partial charge in [0.05, 0.1) is 32.6 Å². The third-order valence-electron chi connectivity index (χ3n) is 5.72. The van der Waals surface area contributed by atoms with Gasteiger partial charge in [-0.3, -0.25) is 14.4 Å². The van der Waals surface area contributed by atoms with Crippen LogP contribution in [0.4, 0.5) is 11.4 Å². The number of nitrogens with zero attached hydrogens (tertiary/aromatic N) is 2. The van der Waals surface area contributed by atoms with Gasteiger partial charge in [0.2, 0.25) is 0 Å². The highest BCUT2D eigenvalue weighted by molar-refractivity contribution is 7.19. The minimum absolute atomic E-state index is 0.0235. The molecule has 0 aliphatic heterocycles. The molecule has 2 heterocycles. The lowest BCUT2D eigenvalue weighted by molar-refractivity contribution is 0.0600. The maximum atomic E-state index is 13.6. The Labute approximate surface area is 227 Å². The van der Waals surface area contributed by atoms with Gasteiger partial charge in [-0.15, -0.1) is 0 Å². The number of fused-ring (bicyclic) bond motifs is 1. The van der Waals surface area contributed by atoms with Crippen molar-refractivity contribution >= 4 is 45.5 Å². The summed E-state index contributed by atoms with van der Waals surface area (Å²) in [5, 5.41) is 5.44. The first-order chi connectivity index (χ1) is 18.8. The van der Waals surface area contributed by atoms with Crippen LogP contribution >= 0.6 is 11.3 Å². The Kier molecular flexibility index (Phi) is 8.25. The first-order valence-electron chi connectivity index (χ1n) is 11.9. The second kappa shape index (κ2) is 11.8. The standard InChI is InChI=1S/C27H26N4O7S/c1-5-6-17-13-21(32)31-22(24(33)30-19-14-18(36-2)11-12-20(19)37-3)23(39-27(31)29-17)25(34)28-16-9-7-15(8-10-16)26(35)38-4/h7-14H,5-6H2,1-4H3,(H,28,34)(H,30,33). The van der Waals surface area contributed by atoms with Crippen LogP contribution in [0.5, 0.6) is 11.5 Å². The van der Waals surface area contributed by atoms with Crippen molar-refractivity contribution in [1.82, 2.24) is 9.38 Å². The van der Waals surface area contributed by atoms with Crippen molar-refractivity contribution in [2.75, 3.05) is 32.0 Å². The molecule has 0 atom stereocenters. The van der Waals surface area contributed by atoms with Crippen LogP contribution in [0.1, 0.15) is 49.6 Å². The molecule has 0 saturated heterocycles. The van der Waals surface area contributed by atoms with Crippen molar-refractivity contribution in [2.24, 2.45) is 0 Å². The molecular formula is C27H26N4O7S. The summed E-state index contributed by atoms with van der Waals surface area (Å²) in [5.74, 6) is -1.03. The van der Waals surface area contributed by atoms with Crippen LogP contribution in [0.25, 0.3) is 4.96 Å². The first kappa shape index (κ1) is 27.3. The Morgan fingerprint density at radius 2 is 1.69 bits per heavy atom. The zero-order valence-electron chi connectivity index (χ0n) is 21.7. The van der Waals surface area contributed by atoms with Crippen molar-refractivity contribution < 1.29 is 28.6 Å². The normalized spacial score (nSPS) is 10.7. The summed E-state index contributed by atoms with van der Waals surface area (Å²) >= 11 is 0.923. The quantitative estimate of drug-likeness (QED) is 0.298. The Hall–Kier alpha value is -4.71. The molecule has 39 heavy (non-hydrogen) atoms. The summed E-state index contributed by atoms with van der Waals surface area (Å²) in [6.07, 6.45) is 1.34. The largest absolute Gasteiger partial charge is 0.497 e. The molecule has 4 aromatic rings. The number of esters is 1. The molecule has 12 heteroatoms. The number of carbonyl (C=O) groups is 3. The predicted octanol–water partition coefficient (Wildman–Crippen LogP) is 4.02. The minimum atomic E-state index is -0.717. The fourth-order valence-electron chi connectivity index (χ4n) is 3.85. The van der Waals surface area contributed by atoms with E-state index in [4.69, 9.17) is 14.2 Å². The molecular weight excluding hydrogens is 524 g/mol. The molecule has 0 unspecified atom stereocenters. The number of thiazole rings is 1. The number of benzene rings is 2. The van der Waals surface area contributed by atoms with Crippen molar-refractivity contribution in [3.05, 3.63) is 80.7 Å². The Morgan fingerprint density at radius 3 is 2.33 bits per heavy atom. The summed E-state index contributed by atoms with van der Waals surface area (Å²) in [6, 6.07) is 12.3.